The zero-order chi connectivity index (χ0) is 21.6. The highest BCUT2D eigenvalue weighted by Gasteiger charge is 2.25. The van der Waals surface area contributed by atoms with Crippen LogP contribution in [0.1, 0.15) is 60.5 Å². The molecule has 4 rings (SSSR count). The van der Waals surface area contributed by atoms with Gasteiger partial charge in [0.2, 0.25) is 0 Å². The van der Waals surface area contributed by atoms with Crippen molar-refractivity contribution in [3.63, 3.8) is 0 Å². The minimum Gasteiger partial charge on any atom is -0.456 e. The number of carbonyl (C=O) groups excluding carboxylic acids is 1. The highest BCUT2D eigenvalue weighted by Crippen LogP contribution is 2.36. The van der Waals surface area contributed by atoms with Crippen molar-refractivity contribution in [2.45, 2.75) is 52.2 Å². The molecule has 0 fully saturated rings. The number of aromatic amines is 1. The van der Waals surface area contributed by atoms with Crippen molar-refractivity contribution in [2.75, 3.05) is 5.32 Å². The molecule has 1 aliphatic carbocycles. The van der Waals surface area contributed by atoms with E-state index in [9.17, 15) is 14.0 Å². The van der Waals surface area contributed by atoms with Gasteiger partial charge in [-0.3, -0.25) is 4.79 Å². The average molecular weight is 409 g/mol. The fraction of sp³-hybridized carbons (Fsp3) is 0.348. The van der Waals surface area contributed by atoms with Gasteiger partial charge in [0.15, 0.2) is 0 Å². The van der Waals surface area contributed by atoms with Crippen molar-refractivity contribution in [1.82, 2.24) is 9.97 Å². The molecule has 6 nitrogen and oxygen atoms in total. The summed E-state index contributed by atoms with van der Waals surface area (Å²) in [5.74, 6) is -0.742. The number of hydrogen-bond donors (Lipinski definition) is 2. The number of ether oxygens (including phenoxy) is 1. The number of rotatable bonds is 3. The van der Waals surface area contributed by atoms with Crippen molar-refractivity contribution in [1.29, 1.82) is 0 Å². The van der Waals surface area contributed by atoms with Crippen LogP contribution in [0.25, 0.3) is 10.9 Å². The number of halogens is 1. The van der Waals surface area contributed by atoms with Crippen LogP contribution < -0.4 is 10.9 Å². The summed E-state index contributed by atoms with van der Waals surface area (Å²) in [5.41, 5.74) is 2.43. The normalized spacial score (nSPS) is 15.8. The van der Waals surface area contributed by atoms with Crippen LogP contribution in [0.4, 0.5) is 10.1 Å². The predicted molar refractivity (Wildman–Crippen MR) is 113 cm³/mol. The molecule has 0 amide bonds. The SMILES string of the molecule is Cc1nc2cc3c(cc2c(=O)[nH]1)C(Nc1ccc(C(=O)OC(C)(C)C)c(F)c1)CC3. The van der Waals surface area contributed by atoms with Gasteiger partial charge >= 0.3 is 5.97 Å². The first-order valence-electron chi connectivity index (χ1n) is 9.93. The van der Waals surface area contributed by atoms with E-state index in [1.165, 1.54) is 12.1 Å². The Balaban J connectivity index is 1.60. The second kappa shape index (κ2) is 7.23. The van der Waals surface area contributed by atoms with E-state index in [1.54, 1.807) is 33.8 Å². The molecule has 1 atom stereocenters. The largest absolute Gasteiger partial charge is 0.456 e. The maximum atomic E-state index is 14.6. The number of fused-ring (bicyclic) bond motifs is 2. The van der Waals surface area contributed by atoms with Gasteiger partial charge in [0.05, 0.1) is 22.5 Å². The third-order valence-electron chi connectivity index (χ3n) is 5.09. The Labute approximate surface area is 173 Å². The molecule has 30 heavy (non-hydrogen) atoms. The highest BCUT2D eigenvalue weighted by atomic mass is 19.1. The van der Waals surface area contributed by atoms with E-state index < -0.39 is 17.4 Å². The second-order valence-electron chi connectivity index (χ2n) is 8.65. The summed E-state index contributed by atoms with van der Waals surface area (Å²) < 4.78 is 19.8. The van der Waals surface area contributed by atoms with Crippen molar-refractivity contribution in [3.8, 4) is 0 Å². The summed E-state index contributed by atoms with van der Waals surface area (Å²) in [4.78, 5) is 31.6. The van der Waals surface area contributed by atoms with E-state index in [0.717, 1.165) is 24.0 Å². The molecule has 0 aliphatic heterocycles. The number of benzene rings is 2. The summed E-state index contributed by atoms with van der Waals surface area (Å²) in [6.07, 6.45) is 1.66. The van der Waals surface area contributed by atoms with Gasteiger partial charge in [-0.05, 0) is 82.0 Å². The fourth-order valence-corrected chi connectivity index (χ4v) is 3.81. The molecule has 3 aromatic rings. The lowest BCUT2D eigenvalue weighted by molar-refractivity contribution is 0.00648. The number of anilines is 1. The van der Waals surface area contributed by atoms with Crippen LogP contribution in [-0.2, 0) is 11.2 Å². The molecule has 0 saturated heterocycles. The van der Waals surface area contributed by atoms with Crippen LogP contribution in [0.2, 0.25) is 0 Å². The molecular formula is C23H24FN3O3. The average Bonchev–Trinajstić information content (AvgIpc) is 3.00. The minimum absolute atomic E-state index is 0.0584. The molecule has 1 heterocycles. The van der Waals surface area contributed by atoms with Gasteiger partial charge in [-0.2, -0.15) is 0 Å². The van der Waals surface area contributed by atoms with E-state index in [2.05, 4.69) is 15.3 Å². The molecule has 2 N–H and O–H groups in total. The number of aryl methyl sites for hydroxylation is 2. The Morgan fingerprint density at radius 2 is 2.03 bits per heavy atom. The molecule has 0 bridgehead atoms. The first-order valence-corrected chi connectivity index (χ1v) is 9.93. The number of esters is 1. The molecule has 0 spiro atoms. The van der Waals surface area contributed by atoms with E-state index >= 15 is 0 Å². The predicted octanol–water partition coefficient (Wildman–Crippen LogP) is 4.43. The third-order valence-corrected chi connectivity index (χ3v) is 5.09. The second-order valence-corrected chi connectivity index (χ2v) is 8.65. The Hall–Kier alpha value is -3.22. The molecule has 7 heteroatoms. The molecular weight excluding hydrogens is 385 g/mol. The lowest BCUT2D eigenvalue weighted by Gasteiger charge is -2.20. The molecule has 1 aromatic heterocycles. The lowest BCUT2D eigenvalue weighted by atomic mass is 10.0. The van der Waals surface area contributed by atoms with Crippen LogP contribution in [0.15, 0.2) is 35.1 Å². The van der Waals surface area contributed by atoms with Crippen molar-refractivity contribution < 1.29 is 13.9 Å². The van der Waals surface area contributed by atoms with Crippen molar-refractivity contribution in [2.24, 2.45) is 0 Å². The Morgan fingerprint density at radius 1 is 1.27 bits per heavy atom. The molecule has 0 saturated carbocycles. The standard InChI is InChI=1S/C23H24FN3O3/c1-12-25-20-9-13-5-8-19(16(13)11-17(20)21(28)26-12)27-14-6-7-15(18(24)10-14)22(29)30-23(2,3)4/h6-7,9-11,19,27H,5,8H2,1-4H3,(H,25,26,28). The van der Waals surface area contributed by atoms with Gasteiger partial charge in [0.1, 0.15) is 17.2 Å². The van der Waals surface area contributed by atoms with E-state index in [1.807, 2.05) is 12.1 Å². The van der Waals surface area contributed by atoms with Crippen LogP contribution in [0, 0.1) is 12.7 Å². The van der Waals surface area contributed by atoms with Gasteiger partial charge < -0.3 is 15.0 Å². The van der Waals surface area contributed by atoms with Crippen LogP contribution in [0.5, 0.6) is 0 Å². The lowest BCUT2D eigenvalue weighted by Crippen LogP contribution is -2.24. The molecule has 2 aromatic carbocycles. The number of carbonyl (C=O) groups is 1. The van der Waals surface area contributed by atoms with E-state index in [0.29, 0.717) is 22.4 Å². The number of nitrogens with zero attached hydrogens (tertiary/aromatic N) is 1. The number of hydrogen-bond acceptors (Lipinski definition) is 5. The number of aromatic nitrogens is 2. The summed E-state index contributed by atoms with van der Waals surface area (Å²) in [6.45, 7) is 6.97. The third kappa shape index (κ3) is 3.92. The van der Waals surface area contributed by atoms with Crippen LogP contribution in [0.3, 0.4) is 0 Å². The van der Waals surface area contributed by atoms with Gasteiger partial charge in [-0.25, -0.2) is 14.2 Å². The van der Waals surface area contributed by atoms with Gasteiger partial charge in [0, 0.05) is 5.69 Å². The number of nitrogens with one attached hydrogen (secondary N) is 2. The smallest absolute Gasteiger partial charge is 0.341 e. The monoisotopic (exact) mass is 409 g/mol. The fourth-order valence-electron chi connectivity index (χ4n) is 3.81. The maximum absolute atomic E-state index is 14.6. The Bertz CT molecular complexity index is 1210. The molecule has 1 aliphatic rings. The summed E-state index contributed by atoms with van der Waals surface area (Å²) in [7, 11) is 0. The topological polar surface area (TPSA) is 84.1 Å². The van der Waals surface area contributed by atoms with Crippen LogP contribution >= 0.6 is 0 Å². The first-order chi connectivity index (χ1) is 14.1. The minimum atomic E-state index is -0.692. The Morgan fingerprint density at radius 3 is 2.73 bits per heavy atom. The van der Waals surface area contributed by atoms with Crippen molar-refractivity contribution in [3.05, 3.63) is 69.0 Å². The quantitative estimate of drug-likeness (QED) is 0.626. The summed E-state index contributed by atoms with van der Waals surface area (Å²) in [5, 5.41) is 3.86. The zero-order valence-electron chi connectivity index (χ0n) is 17.4. The highest BCUT2D eigenvalue weighted by molar-refractivity contribution is 5.90. The summed E-state index contributed by atoms with van der Waals surface area (Å²) >= 11 is 0. The van der Waals surface area contributed by atoms with Gasteiger partial charge in [0.25, 0.3) is 5.56 Å². The number of H-pyrrole nitrogens is 1. The molecule has 1 unspecified atom stereocenters. The molecule has 156 valence electrons. The van der Waals surface area contributed by atoms with Crippen LogP contribution in [-0.4, -0.2) is 21.5 Å². The van der Waals surface area contributed by atoms with E-state index in [-0.39, 0.29) is 17.2 Å². The maximum Gasteiger partial charge on any atom is 0.341 e. The molecule has 0 radical (unpaired) electrons. The zero-order valence-corrected chi connectivity index (χ0v) is 17.4. The first kappa shape index (κ1) is 20.1. The Kier molecular flexibility index (Phi) is 4.84. The van der Waals surface area contributed by atoms with Gasteiger partial charge in [-0.15, -0.1) is 0 Å². The van der Waals surface area contributed by atoms with Gasteiger partial charge in [-0.1, -0.05) is 0 Å². The van der Waals surface area contributed by atoms with Crippen molar-refractivity contribution >= 4 is 22.6 Å². The summed E-state index contributed by atoms with van der Waals surface area (Å²) in [6, 6.07) is 8.17. The van der Waals surface area contributed by atoms with E-state index in [4.69, 9.17) is 4.74 Å².